The summed E-state index contributed by atoms with van der Waals surface area (Å²) < 4.78 is 0. The number of terminal acetylenes is 1. The van der Waals surface area contributed by atoms with Crippen LogP contribution in [0.15, 0.2) is 0 Å². The maximum absolute atomic E-state index is 5.23. The summed E-state index contributed by atoms with van der Waals surface area (Å²) in [4.78, 5) is 2.58. The molecule has 1 nitrogen and oxygen atoms in total. The first-order chi connectivity index (χ1) is 6.36. The van der Waals surface area contributed by atoms with Crippen molar-refractivity contribution >= 4 is 0 Å². The normalized spacial score (nSPS) is 16.1. The van der Waals surface area contributed by atoms with Crippen molar-refractivity contribution in [1.82, 2.24) is 4.90 Å². The second kappa shape index (κ2) is 6.05. The Balaban J connectivity index is 2.08. The van der Waals surface area contributed by atoms with Gasteiger partial charge in [-0.1, -0.05) is 6.92 Å². The van der Waals surface area contributed by atoms with Gasteiger partial charge >= 0.3 is 0 Å². The highest BCUT2D eigenvalue weighted by atomic mass is 15.1. The molecule has 0 aromatic heterocycles. The molecule has 0 aromatic rings. The van der Waals surface area contributed by atoms with Crippen molar-refractivity contribution in [2.75, 3.05) is 19.6 Å². The van der Waals surface area contributed by atoms with Crippen molar-refractivity contribution in [3.05, 3.63) is 0 Å². The molecule has 0 saturated heterocycles. The third-order valence-corrected chi connectivity index (χ3v) is 2.55. The summed E-state index contributed by atoms with van der Waals surface area (Å²) in [5.74, 6) is 3.72. The Labute approximate surface area is 82.5 Å². The number of nitrogens with zero attached hydrogens (tertiary/aromatic N) is 1. The summed E-state index contributed by atoms with van der Waals surface area (Å²) in [6.07, 6.45) is 11.5. The average Bonchev–Trinajstić information content (AvgIpc) is 2.89. The van der Waals surface area contributed by atoms with Gasteiger partial charge in [-0.15, -0.1) is 12.3 Å². The van der Waals surface area contributed by atoms with Crippen molar-refractivity contribution in [3.8, 4) is 12.3 Å². The van der Waals surface area contributed by atoms with Crippen LogP contribution in [0.3, 0.4) is 0 Å². The molecule has 0 radical (unpaired) electrons. The van der Waals surface area contributed by atoms with Crippen LogP contribution in [0, 0.1) is 18.3 Å². The van der Waals surface area contributed by atoms with E-state index in [1.165, 1.54) is 45.3 Å². The molecule has 1 fully saturated rings. The summed E-state index contributed by atoms with van der Waals surface area (Å²) in [7, 11) is 0. The van der Waals surface area contributed by atoms with E-state index in [1.807, 2.05) is 0 Å². The topological polar surface area (TPSA) is 3.24 Å². The second-order valence-corrected chi connectivity index (χ2v) is 4.05. The van der Waals surface area contributed by atoms with Gasteiger partial charge in [0.15, 0.2) is 0 Å². The molecule has 13 heavy (non-hydrogen) atoms. The Hall–Kier alpha value is -0.480. The van der Waals surface area contributed by atoms with Crippen LogP contribution in [0.5, 0.6) is 0 Å². The van der Waals surface area contributed by atoms with E-state index in [1.54, 1.807) is 0 Å². The van der Waals surface area contributed by atoms with Gasteiger partial charge in [-0.3, -0.25) is 0 Å². The van der Waals surface area contributed by atoms with Crippen LogP contribution in [-0.2, 0) is 0 Å². The molecule has 1 rings (SSSR count). The van der Waals surface area contributed by atoms with Crippen LogP contribution in [0.4, 0.5) is 0 Å². The van der Waals surface area contributed by atoms with Crippen LogP contribution in [0.25, 0.3) is 0 Å². The van der Waals surface area contributed by atoms with Gasteiger partial charge in [0.05, 0.1) is 0 Å². The molecule has 0 amide bonds. The predicted octanol–water partition coefficient (Wildman–Crippen LogP) is 2.52. The molecule has 1 heteroatoms. The quantitative estimate of drug-likeness (QED) is 0.429. The average molecular weight is 179 g/mol. The van der Waals surface area contributed by atoms with Crippen molar-refractivity contribution in [2.45, 2.75) is 39.0 Å². The van der Waals surface area contributed by atoms with E-state index < -0.39 is 0 Å². The molecule has 0 aliphatic heterocycles. The molecule has 0 bridgehead atoms. The zero-order valence-electron chi connectivity index (χ0n) is 8.76. The van der Waals surface area contributed by atoms with Crippen molar-refractivity contribution in [3.63, 3.8) is 0 Å². The number of rotatable bonds is 7. The SMILES string of the molecule is C#CCCCN(CCC)CC1CC1. The Morgan fingerprint density at radius 1 is 1.38 bits per heavy atom. The second-order valence-electron chi connectivity index (χ2n) is 4.05. The third-order valence-electron chi connectivity index (χ3n) is 2.55. The summed E-state index contributed by atoms with van der Waals surface area (Å²) >= 11 is 0. The predicted molar refractivity (Wildman–Crippen MR) is 57.5 cm³/mol. The number of unbranched alkanes of at least 4 members (excludes halogenated alkanes) is 1. The van der Waals surface area contributed by atoms with E-state index in [4.69, 9.17) is 6.42 Å². The molecule has 74 valence electrons. The molecule has 0 atom stereocenters. The van der Waals surface area contributed by atoms with E-state index in [9.17, 15) is 0 Å². The van der Waals surface area contributed by atoms with E-state index in [0.717, 1.165) is 12.3 Å². The van der Waals surface area contributed by atoms with Gasteiger partial charge in [-0.2, -0.15) is 0 Å². The van der Waals surface area contributed by atoms with Gasteiger partial charge in [0.2, 0.25) is 0 Å². The fourth-order valence-electron chi connectivity index (χ4n) is 1.68. The minimum Gasteiger partial charge on any atom is -0.303 e. The highest BCUT2D eigenvalue weighted by molar-refractivity contribution is 4.84. The fraction of sp³-hybridized carbons (Fsp3) is 0.833. The maximum atomic E-state index is 5.23. The van der Waals surface area contributed by atoms with Gasteiger partial charge < -0.3 is 4.90 Å². The third kappa shape index (κ3) is 4.95. The largest absolute Gasteiger partial charge is 0.303 e. The van der Waals surface area contributed by atoms with Crippen LogP contribution in [-0.4, -0.2) is 24.5 Å². The molecular formula is C12H21N. The smallest absolute Gasteiger partial charge is 0.00982 e. The highest BCUT2D eigenvalue weighted by Crippen LogP contribution is 2.29. The first-order valence-corrected chi connectivity index (χ1v) is 5.52. The van der Waals surface area contributed by atoms with Gasteiger partial charge in [0, 0.05) is 13.0 Å². The van der Waals surface area contributed by atoms with Gasteiger partial charge in [-0.05, 0) is 44.7 Å². The summed E-state index contributed by atoms with van der Waals surface area (Å²) in [5.41, 5.74) is 0. The molecule has 1 saturated carbocycles. The minimum absolute atomic E-state index is 0.935. The van der Waals surface area contributed by atoms with Crippen molar-refractivity contribution in [1.29, 1.82) is 0 Å². The summed E-state index contributed by atoms with van der Waals surface area (Å²) in [5, 5.41) is 0. The summed E-state index contributed by atoms with van der Waals surface area (Å²) in [6.45, 7) is 6.02. The van der Waals surface area contributed by atoms with Crippen LogP contribution >= 0.6 is 0 Å². The molecule has 1 aliphatic rings. The minimum atomic E-state index is 0.935. The summed E-state index contributed by atoms with van der Waals surface area (Å²) in [6, 6.07) is 0. The molecule has 0 heterocycles. The maximum Gasteiger partial charge on any atom is 0.00982 e. The van der Waals surface area contributed by atoms with Gasteiger partial charge in [0.1, 0.15) is 0 Å². The Morgan fingerprint density at radius 3 is 2.69 bits per heavy atom. The molecular weight excluding hydrogens is 158 g/mol. The molecule has 0 spiro atoms. The van der Waals surface area contributed by atoms with Crippen LogP contribution in [0.2, 0.25) is 0 Å². The van der Waals surface area contributed by atoms with Crippen LogP contribution in [0.1, 0.15) is 39.0 Å². The Bertz CT molecular complexity index is 164. The Morgan fingerprint density at radius 2 is 2.15 bits per heavy atom. The standard InChI is InChI=1S/C12H21N/c1-3-5-6-10-13(9-4-2)11-12-7-8-12/h1,12H,4-11H2,2H3. The van der Waals surface area contributed by atoms with E-state index in [2.05, 4.69) is 17.7 Å². The molecule has 0 N–H and O–H groups in total. The Kier molecular flexibility index (Phi) is 4.93. The molecule has 1 aliphatic carbocycles. The fourth-order valence-corrected chi connectivity index (χ4v) is 1.68. The highest BCUT2D eigenvalue weighted by Gasteiger charge is 2.23. The molecule has 0 aromatic carbocycles. The van der Waals surface area contributed by atoms with Gasteiger partial charge in [0.25, 0.3) is 0 Å². The lowest BCUT2D eigenvalue weighted by Gasteiger charge is -2.20. The molecule has 0 unspecified atom stereocenters. The lowest BCUT2D eigenvalue weighted by atomic mass is 10.2. The first kappa shape index (κ1) is 10.6. The van der Waals surface area contributed by atoms with E-state index >= 15 is 0 Å². The lowest BCUT2D eigenvalue weighted by molar-refractivity contribution is 0.261. The lowest BCUT2D eigenvalue weighted by Crippen LogP contribution is -2.27. The monoisotopic (exact) mass is 179 g/mol. The van der Waals surface area contributed by atoms with E-state index in [0.29, 0.717) is 0 Å². The van der Waals surface area contributed by atoms with Gasteiger partial charge in [-0.25, -0.2) is 0 Å². The van der Waals surface area contributed by atoms with E-state index in [-0.39, 0.29) is 0 Å². The first-order valence-electron chi connectivity index (χ1n) is 5.52. The van der Waals surface area contributed by atoms with Crippen molar-refractivity contribution in [2.24, 2.45) is 5.92 Å². The number of hydrogen-bond acceptors (Lipinski definition) is 1. The zero-order valence-corrected chi connectivity index (χ0v) is 8.76. The van der Waals surface area contributed by atoms with Crippen molar-refractivity contribution < 1.29 is 0 Å². The zero-order chi connectivity index (χ0) is 9.52. The number of hydrogen-bond donors (Lipinski definition) is 0. The van der Waals surface area contributed by atoms with Crippen LogP contribution < -0.4 is 0 Å².